The molecule has 0 saturated carbocycles. The van der Waals surface area contributed by atoms with E-state index in [9.17, 15) is 24.5 Å². The Morgan fingerprint density at radius 2 is 1.53 bits per heavy atom. The number of hydrogen-bond donors (Lipinski definition) is 1. The van der Waals surface area contributed by atoms with Gasteiger partial charge in [0.05, 0.1) is 11.5 Å². The number of rotatable bonds is 6. The highest BCUT2D eigenvalue weighted by Crippen LogP contribution is 2.32. The van der Waals surface area contributed by atoms with Crippen LogP contribution in [-0.2, 0) is 33.3 Å². The molecule has 0 aliphatic carbocycles. The number of nitrogens with zero attached hydrogens (tertiary/aromatic N) is 1. The first-order valence-corrected chi connectivity index (χ1v) is 9.15. The van der Waals surface area contributed by atoms with Crippen LogP contribution >= 0.6 is 0 Å². The lowest BCUT2D eigenvalue weighted by Gasteiger charge is -2.40. The number of esters is 3. The molecular formula is C19H24N2O9. The van der Waals surface area contributed by atoms with Crippen molar-refractivity contribution in [2.24, 2.45) is 0 Å². The van der Waals surface area contributed by atoms with E-state index >= 15 is 0 Å². The summed E-state index contributed by atoms with van der Waals surface area (Å²) in [5.41, 5.74) is 1.45. The van der Waals surface area contributed by atoms with Crippen molar-refractivity contribution >= 4 is 29.3 Å². The molecule has 1 aliphatic rings. The molecule has 0 radical (unpaired) electrons. The number of nitro benzene ring substituents is 1. The van der Waals surface area contributed by atoms with E-state index in [0.717, 1.165) is 25.0 Å². The van der Waals surface area contributed by atoms with Crippen molar-refractivity contribution in [2.45, 2.75) is 59.2 Å². The molecule has 2 rings (SSSR count). The van der Waals surface area contributed by atoms with Crippen molar-refractivity contribution in [3.8, 4) is 0 Å². The molecule has 11 nitrogen and oxygen atoms in total. The maximum Gasteiger partial charge on any atom is 0.303 e. The second-order valence-corrected chi connectivity index (χ2v) is 6.90. The van der Waals surface area contributed by atoms with Gasteiger partial charge < -0.3 is 24.3 Å². The third-order valence-corrected chi connectivity index (χ3v) is 4.46. The van der Waals surface area contributed by atoms with Crippen molar-refractivity contribution in [3.05, 3.63) is 33.4 Å². The first-order chi connectivity index (χ1) is 14.0. The first-order valence-electron chi connectivity index (χ1n) is 9.15. The third-order valence-electron chi connectivity index (χ3n) is 4.46. The van der Waals surface area contributed by atoms with Crippen LogP contribution < -0.4 is 5.32 Å². The molecule has 30 heavy (non-hydrogen) atoms. The summed E-state index contributed by atoms with van der Waals surface area (Å²) in [4.78, 5) is 45.6. The van der Waals surface area contributed by atoms with Crippen LogP contribution in [0, 0.1) is 24.0 Å². The van der Waals surface area contributed by atoms with E-state index < -0.39 is 47.4 Å². The second-order valence-electron chi connectivity index (χ2n) is 6.90. The molecule has 1 aromatic rings. The lowest BCUT2D eigenvalue weighted by molar-refractivity contribution is -0.384. The van der Waals surface area contributed by atoms with E-state index in [1.165, 1.54) is 13.0 Å². The van der Waals surface area contributed by atoms with E-state index in [0.29, 0.717) is 0 Å². The number of ether oxygens (including phenoxy) is 4. The molecule has 1 N–H and O–H groups in total. The minimum atomic E-state index is -1.23. The molecule has 0 bridgehead atoms. The van der Waals surface area contributed by atoms with Crippen molar-refractivity contribution in [1.29, 1.82) is 0 Å². The summed E-state index contributed by atoms with van der Waals surface area (Å²) in [6.07, 6.45) is -4.53. The Kier molecular flexibility index (Phi) is 7.33. The Morgan fingerprint density at radius 3 is 2.07 bits per heavy atom. The average molecular weight is 424 g/mol. The molecular weight excluding hydrogens is 400 g/mol. The van der Waals surface area contributed by atoms with Gasteiger partial charge in [-0.05, 0) is 31.0 Å². The zero-order valence-electron chi connectivity index (χ0n) is 17.3. The Hall–Kier alpha value is -3.21. The van der Waals surface area contributed by atoms with Crippen LogP contribution in [0.15, 0.2) is 12.1 Å². The van der Waals surface area contributed by atoms with E-state index in [-0.39, 0.29) is 18.0 Å². The summed E-state index contributed by atoms with van der Waals surface area (Å²) < 4.78 is 21.3. The quantitative estimate of drug-likeness (QED) is 0.310. The summed E-state index contributed by atoms with van der Waals surface area (Å²) in [5, 5.41) is 14.3. The van der Waals surface area contributed by atoms with Gasteiger partial charge in [0, 0.05) is 26.8 Å². The number of benzene rings is 1. The van der Waals surface area contributed by atoms with Crippen LogP contribution in [0.5, 0.6) is 0 Å². The molecule has 164 valence electrons. The van der Waals surface area contributed by atoms with Crippen molar-refractivity contribution in [3.63, 3.8) is 0 Å². The maximum atomic E-state index is 11.7. The second kappa shape index (κ2) is 9.53. The predicted octanol–water partition coefficient (Wildman–Crippen LogP) is 1.77. The maximum absolute atomic E-state index is 11.7. The Balaban J connectivity index is 2.42. The van der Waals surface area contributed by atoms with Crippen LogP contribution in [0.4, 0.5) is 11.4 Å². The van der Waals surface area contributed by atoms with Crippen LogP contribution in [0.1, 0.15) is 31.9 Å². The number of anilines is 1. The number of aryl methyl sites for hydroxylation is 2. The van der Waals surface area contributed by atoms with Gasteiger partial charge in [-0.15, -0.1) is 0 Å². The van der Waals surface area contributed by atoms with Gasteiger partial charge in [-0.2, -0.15) is 0 Å². The molecule has 0 unspecified atom stereocenters. The van der Waals surface area contributed by atoms with E-state index in [1.807, 2.05) is 0 Å². The minimum Gasteiger partial charge on any atom is -0.456 e. The van der Waals surface area contributed by atoms with Crippen LogP contribution in [0.2, 0.25) is 0 Å². The molecule has 1 fully saturated rings. The largest absolute Gasteiger partial charge is 0.456 e. The van der Waals surface area contributed by atoms with Gasteiger partial charge in [-0.3, -0.25) is 24.5 Å². The fraction of sp³-hybridized carbons (Fsp3) is 0.526. The molecule has 11 heteroatoms. The smallest absolute Gasteiger partial charge is 0.303 e. The molecule has 0 amide bonds. The highest BCUT2D eigenvalue weighted by molar-refractivity contribution is 5.69. The lowest BCUT2D eigenvalue weighted by Crippen LogP contribution is -2.59. The molecule has 1 aliphatic heterocycles. The summed E-state index contributed by atoms with van der Waals surface area (Å²) in [6, 6.07) is 2.98. The van der Waals surface area contributed by atoms with Gasteiger partial charge >= 0.3 is 17.9 Å². The Labute approximate surface area is 172 Å². The zero-order valence-corrected chi connectivity index (χ0v) is 17.3. The lowest BCUT2D eigenvalue weighted by atomic mass is 10.0. The van der Waals surface area contributed by atoms with Crippen LogP contribution in [0.25, 0.3) is 0 Å². The number of hydrogen-bond acceptors (Lipinski definition) is 10. The normalized spacial score (nSPS) is 23.2. The third kappa shape index (κ3) is 5.66. The molecule has 1 heterocycles. The van der Waals surface area contributed by atoms with Gasteiger partial charge in [0.15, 0.2) is 24.5 Å². The average Bonchev–Trinajstić information content (AvgIpc) is 2.61. The fourth-order valence-corrected chi connectivity index (χ4v) is 3.09. The van der Waals surface area contributed by atoms with E-state index in [4.69, 9.17) is 18.9 Å². The van der Waals surface area contributed by atoms with E-state index in [1.54, 1.807) is 19.9 Å². The summed E-state index contributed by atoms with van der Waals surface area (Å²) >= 11 is 0. The van der Waals surface area contributed by atoms with Gasteiger partial charge in [-0.1, -0.05) is 0 Å². The van der Waals surface area contributed by atoms with Crippen molar-refractivity contribution < 1.29 is 38.3 Å². The monoisotopic (exact) mass is 424 g/mol. The molecule has 0 spiro atoms. The molecule has 1 aromatic carbocycles. The highest BCUT2D eigenvalue weighted by Gasteiger charge is 2.47. The number of nitro groups is 1. The van der Waals surface area contributed by atoms with Gasteiger partial charge in [0.1, 0.15) is 5.69 Å². The predicted molar refractivity (Wildman–Crippen MR) is 103 cm³/mol. The molecule has 1 saturated heterocycles. The topological polar surface area (TPSA) is 143 Å². The number of carbonyl (C=O) groups is 3. The number of nitrogens with one attached hydrogen (secondary N) is 1. The van der Waals surface area contributed by atoms with Crippen molar-refractivity contribution in [1.82, 2.24) is 0 Å². The van der Waals surface area contributed by atoms with Crippen LogP contribution in [-0.4, -0.2) is 54.0 Å². The summed E-state index contributed by atoms with van der Waals surface area (Å²) in [6.45, 7) is 6.82. The highest BCUT2D eigenvalue weighted by atomic mass is 16.6. The minimum absolute atomic E-state index is 0.137. The standard InChI is InChI=1S/C19H24N2O9/c1-9-6-14(15(21(25)26)7-10(9)2)20-19-18(30-13(5)24)17(29-12(4)23)16(8-27-19)28-11(3)22/h6-7,16-20H,8H2,1-5H3/t16-,17-,18-,19-/m1/s1. The SMILES string of the molecule is CC(=O)O[C@@H]1[C@H](OC(C)=O)[C@H](OC(C)=O)CO[C@H]1Nc1cc(C)c(C)cc1[N+](=O)[O-]. The summed E-state index contributed by atoms with van der Waals surface area (Å²) in [7, 11) is 0. The molecule has 4 atom stereocenters. The number of carbonyl (C=O) groups excluding carboxylic acids is 3. The van der Waals surface area contributed by atoms with Gasteiger partial charge in [0.2, 0.25) is 0 Å². The van der Waals surface area contributed by atoms with Crippen LogP contribution in [0.3, 0.4) is 0 Å². The van der Waals surface area contributed by atoms with Crippen molar-refractivity contribution in [2.75, 3.05) is 11.9 Å². The van der Waals surface area contributed by atoms with Gasteiger partial charge in [0.25, 0.3) is 5.69 Å². The zero-order chi connectivity index (χ0) is 22.6. The van der Waals surface area contributed by atoms with Gasteiger partial charge in [-0.25, -0.2) is 0 Å². The first kappa shape index (κ1) is 23.1. The summed E-state index contributed by atoms with van der Waals surface area (Å²) in [5.74, 6) is -2.03. The Morgan fingerprint density at radius 1 is 1.00 bits per heavy atom. The van der Waals surface area contributed by atoms with E-state index in [2.05, 4.69) is 5.32 Å². The fourth-order valence-electron chi connectivity index (χ4n) is 3.09. The Bertz CT molecular complexity index is 855. The molecule has 0 aromatic heterocycles.